The minimum atomic E-state index is 0.571. The van der Waals surface area contributed by atoms with Crippen LogP contribution >= 0.6 is 0 Å². The van der Waals surface area contributed by atoms with E-state index in [1.54, 1.807) is 0 Å². The fraction of sp³-hybridized carbons (Fsp3) is 0.0455. The van der Waals surface area contributed by atoms with Gasteiger partial charge in [-0.25, -0.2) is 4.98 Å². The molecule has 0 unspecified atom stereocenters. The van der Waals surface area contributed by atoms with Crippen molar-refractivity contribution in [1.29, 1.82) is 5.26 Å². The number of aryl methyl sites for hydroxylation is 2. The SMILES string of the molecule is Cc1ccc2c3ccccc3n(-c3cc(C#N)c(-c4cccc(-c5ccccc5)n4)cc3-n3c4ccccc4c4ccc(C)cc43)c2c1. The van der Waals surface area contributed by atoms with Crippen LogP contribution in [0.3, 0.4) is 0 Å². The minimum absolute atomic E-state index is 0.571. The van der Waals surface area contributed by atoms with Gasteiger partial charge < -0.3 is 9.13 Å². The van der Waals surface area contributed by atoms with Crippen molar-refractivity contribution in [1.82, 2.24) is 14.1 Å². The van der Waals surface area contributed by atoms with E-state index in [1.807, 2.05) is 36.4 Å². The number of hydrogen-bond acceptors (Lipinski definition) is 2. The van der Waals surface area contributed by atoms with E-state index in [9.17, 15) is 5.26 Å². The molecule has 0 amide bonds. The maximum absolute atomic E-state index is 10.8. The molecule has 0 atom stereocenters. The Balaban J connectivity index is 1.44. The van der Waals surface area contributed by atoms with Gasteiger partial charge in [0.1, 0.15) is 0 Å². The Kier molecular flexibility index (Phi) is 6.28. The molecule has 9 rings (SSSR count). The zero-order chi connectivity index (χ0) is 32.4. The third-order valence-electron chi connectivity index (χ3n) is 9.47. The zero-order valence-electron chi connectivity index (χ0n) is 26.6. The van der Waals surface area contributed by atoms with Crippen molar-refractivity contribution in [2.24, 2.45) is 0 Å². The molecule has 0 aliphatic rings. The molecule has 4 heteroatoms. The van der Waals surface area contributed by atoms with Crippen LogP contribution in [0.5, 0.6) is 0 Å². The fourth-order valence-electron chi connectivity index (χ4n) is 7.27. The summed E-state index contributed by atoms with van der Waals surface area (Å²) in [5, 5.41) is 15.5. The van der Waals surface area contributed by atoms with Gasteiger partial charge in [-0.15, -0.1) is 0 Å². The van der Waals surface area contributed by atoms with Crippen LogP contribution in [-0.4, -0.2) is 14.1 Å². The smallest absolute Gasteiger partial charge is 0.0999 e. The van der Waals surface area contributed by atoms with Crippen molar-refractivity contribution in [3.8, 4) is 40.0 Å². The summed E-state index contributed by atoms with van der Waals surface area (Å²) in [5.74, 6) is 0. The molecule has 48 heavy (non-hydrogen) atoms. The molecule has 0 aliphatic carbocycles. The normalized spacial score (nSPS) is 11.5. The predicted octanol–water partition coefficient (Wildman–Crippen LogP) is 11.1. The van der Waals surface area contributed by atoms with Crippen molar-refractivity contribution < 1.29 is 0 Å². The number of fused-ring (bicyclic) bond motifs is 6. The first-order valence-corrected chi connectivity index (χ1v) is 16.2. The topological polar surface area (TPSA) is 46.5 Å². The lowest BCUT2D eigenvalue weighted by atomic mass is 10.0. The number of benzene rings is 6. The van der Waals surface area contributed by atoms with Crippen LogP contribution < -0.4 is 0 Å². The summed E-state index contributed by atoms with van der Waals surface area (Å²) in [6, 6.07) is 53.5. The summed E-state index contributed by atoms with van der Waals surface area (Å²) >= 11 is 0. The number of nitrogens with zero attached hydrogens (tertiary/aromatic N) is 4. The summed E-state index contributed by atoms with van der Waals surface area (Å²) in [6.07, 6.45) is 0. The third kappa shape index (κ3) is 4.26. The van der Waals surface area contributed by atoms with E-state index in [0.717, 1.165) is 56.0 Å². The first-order valence-electron chi connectivity index (χ1n) is 16.2. The number of nitriles is 1. The van der Waals surface area contributed by atoms with Crippen LogP contribution in [0.1, 0.15) is 16.7 Å². The third-order valence-corrected chi connectivity index (χ3v) is 9.47. The molecule has 4 nitrogen and oxygen atoms in total. The van der Waals surface area contributed by atoms with Gasteiger partial charge in [-0.3, -0.25) is 0 Å². The van der Waals surface area contributed by atoms with Crippen LogP contribution in [0.25, 0.3) is 77.5 Å². The van der Waals surface area contributed by atoms with Crippen LogP contribution in [0.2, 0.25) is 0 Å². The summed E-state index contributed by atoms with van der Waals surface area (Å²) < 4.78 is 4.71. The number of rotatable bonds is 4. The first kappa shape index (κ1) is 27.8. The van der Waals surface area contributed by atoms with Gasteiger partial charge in [0.05, 0.1) is 56.5 Å². The molecule has 0 saturated carbocycles. The molecule has 3 heterocycles. The summed E-state index contributed by atoms with van der Waals surface area (Å²) in [7, 11) is 0. The van der Waals surface area contributed by atoms with E-state index < -0.39 is 0 Å². The molecule has 0 aliphatic heterocycles. The van der Waals surface area contributed by atoms with Gasteiger partial charge in [-0.1, -0.05) is 97.1 Å². The molecular formula is C44H30N4. The highest BCUT2D eigenvalue weighted by Gasteiger charge is 2.22. The predicted molar refractivity (Wildman–Crippen MR) is 198 cm³/mol. The van der Waals surface area contributed by atoms with Crippen molar-refractivity contribution in [3.05, 3.63) is 162 Å². The molecule has 0 bridgehead atoms. The van der Waals surface area contributed by atoms with Crippen molar-refractivity contribution in [2.75, 3.05) is 0 Å². The quantitative estimate of drug-likeness (QED) is 0.198. The average Bonchev–Trinajstić information content (AvgIpc) is 3.63. The molecule has 9 aromatic rings. The van der Waals surface area contributed by atoms with E-state index in [1.165, 1.54) is 32.7 Å². The van der Waals surface area contributed by atoms with E-state index in [4.69, 9.17) is 4.98 Å². The van der Waals surface area contributed by atoms with Gasteiger partial charge in [0, 0.05) is 32.7 Å². The van der Waals surface area contributed by atoms with Gasteiger partial charge in [-0.05, 0) is 73.5 Å². The molecule has 226 valence electrons. The Bertz CT molecular complexity index is 2760. The monoisotopic (exact) mass is 614 g/mol. The van der Waals surface area contributed by atoms with Crippen LogP contribution in [0, 0.1) is 25.2 Å². The number of pyridine rings is 1. The lowest BCUT2D eigenvalue weighted by Crippen LogP contribution is -2.06. The molecule has 0 spiro atoms. The maximum atomic E-state index is 10.8. The van der Waals surface area contributed by atoms with E-state index in [2.05, 4.69) is 138 Å². The van der Waals surface area contributed by atoms with Gasteiger partial charge in [0.25, 0.3) is 0 Å². The zero-order valence-corrected chi connectivity index (χ0v) is 26.6. The Morgan fingerprint density at radius 3 is 1.60 bits per heavy atom. The molecule has 0 saturated heterocycles. The lowest BCUT2D eigenvalue weighted by molar-refractivity contribution is 1.09. The molecule has 0 N–H and O–H groups in total. The van der Waals surface area contributed by atoms with Crippen molar-refractivity contribution >= 4 is 43.6 Å². The van der Waals surface area contributed by atoms with Crippen LogP contribution in [0.15, 0.2) is 146 Å². The van der Waals surface area contributed by atoms with Crippen molar-refractivity contribution in [2.45, 2.75) is 13.8 Å². The molecule has 0 radical (unpaired) electrons. The fourth-order valence-corrected chi connectivity index (χ4v) is 7.27. The largest absolute Gasteiger partial charge is 0.307 e. The van der Waals surface area contributed by atoms with E-state index in [0.29, 0.717) is 5.56 Å². The Morgan fingerprint density at radius 2 is 1.00 bits per heavy atom. The van der Waals surface area contributed by atoms with Gasteiger partial charge >= 0.3 is 0 Å². The second kappa shape index (κ2) is 10.8. The number of aromatic nitrogens is 3. The molecule has 3 aromatic heterocycles. The average molecular weight is 615 g/mol. The molecule has 0 fully saturated rings. The Hall–Kier alpha value is -6.44. The maximum Gasteiger partial charge on any atom is 0.0999 e. The second-order valence-electron chi connectivity index (χ2n) is 12.5. The molecule has 6 aromatic carbocycles. The highest BCUT2D eigenvalue weighted by molar-refractivity contribution is 6.12. The number of para-hydroxylation sites is 2. The summed E-state index contributed by atoms with van der Waals surface area (Å²) in [4.78, 5) is 5.12. The minimum Gasteiger partial charge on any atom is -0.307 e. The van der Waals surface area contributed by atoms with Crippen LogP contribution in [0.4, 0.5) is 0 Å². The highest BCUT2D eigenvalue weighted by atomic mass is 15.1. The van der Waals surface area contributed by atoms with Gasteiger partial charge in [-0.2, -0.15) is 5.26 Å². The van der Waals surface area contributed by atoms with E-state index in [-0.39, 0.29) is 0 Å². The summed E-state index contributed by atoms with van der Waals surface area (Å²) in [5.41, 5.74) is 12.8. The van der Waals surface area contributed by atoms with E-state index >= 15 is 0 Å². The summed E-state index contributed by atoms with van der Waals surface area (Å²) in [6.45, 7) is 4.27. The molecular weight excluding hydrogens is 585 g/mol. The second-order valence-corrected chi connectivity index (χ2v) is 12.5. The Labute approximate surface area is 278 Å². The Morgan fingerprint density at radius 1 is 0.479 bits per heavy atom. The highest BCUT2D eigenvalue weighted by Crippen LogP contribution is 2.41. The van der Waals surface area contributed by atoms with Gasteiger partial charge in [0.15, 0.2) is 0 Å². The lowest BCUT2D eigenvalue weighted by Gasteiger charge is -2.19. The standard InChI is InChI=1S/C44H30N4/c1-28-19-21-34-32-13-6-8-17-39(32)47(41(34)23-28)43-25-31(27-45)36(38-16-10-15-37(46-38)30-11-4-3-5-12-30)26-44(43)48-40-18-9-7-14-33(40)35-22-20-29(2)24-42(35)48/h3-26H,1-2H3. The first-order chi connectivity index (χ1) is 23.6. The number of hydrogen-bond donors (Lipinski definition) is 0. The van der Waals surface area contributed by atoms with Gasteiger partial charge in [0.2, 0.25) is 0 Å². The van der Waals surface area contributed by atoms with Crippen molar-refractivity contribution in [3.63, 3.8) is 0 Å². The van der Waals surface area contributed by atoms with Crippen LogP contribution in [-0.2, 0) is 0 Å².